The Bertz CT molecular complexity index is 679. The zero-order valence-electron chi connectivity index (χ0n) is 15.1. The number of amides is 3. The van der Waals surface area contributed by atoms with Crippen molar-refractivity contribution in [2.45, 2.75) is 51.0 Å². The number of nitrogens with one attached hydrogen (secondary N) is 1. The van der Waals surface area contributed by atoms with Crippen LogP contribution in [-0.2, 0) is 20.7 Å². The van der Waals surface area contributed by atoms with E-state index in [0.717, 1.165) is 36.1 Å². The van der Waals surface area contributed by atoms with Gasteiger partial charge in [0.1, 0.15) is 12.1 Å². The molecule has 1 aromatic heterocycles. The highest BCUT2D eigenvalue weighted by Gasteiger charge is 2.55. The molecule has 1 N–H and O–H groups in total. The third-order valence-corrected chi connectivity index (χ3v) is 5.38. The molecule has 2 fully saturated rings. The number of esters is 1. The third kappa shape index (κ3) is 3.71. The van der Waals surface area contributed by atoms with E-state index in [2.05, 4.69) is 10.3 Å². The van der Waals surface area contributed by atoms with Gasteiger partial charge < -0.3 is 10.1 Å². The fraction of sp³-hybridized carbons (Fsp3) is 0.579. The molecule has 0 radical (unpaired) electrons. The quantitative estimate of drug-likeness (QED) is 0.477. The molecule has 2 atom stereocenters. The van der Waals surface area contributed by atoms with Crippen LogP contribution in [0.4, 0.5) is 4.79 Å². The Morgan fingerprint density at radius 2 is 2.27 bits per heavy atom. The molecule has 1 spiro atoms. The van der Waals surface area contributed by atoms with Gasteiger partial charge in [-0.2, -0.15) is 0 Å². The molecule has 2 unspecified atom stereocenters. The molecule has 1 saturated carbocycles. The summed E-state index contributed by atoms with van der Waals surface area (Å²) in [6.07, 6.45) is 8.41. The predicted octanol–water partition coefficient (Wildman–Crippen LogP) is 2.06. The number of hydrogen-bond acceptors (Lipinski definition) is 5. The molecular weight excluding hydrogens is 334 g/mol. The van der Waals surface area contributed by atoms with E-state index in [-0.39, 0.29) is 25.0 Å². The number of carbonyl (C=O) groups is 3. The maximum atomic E-state index is 12.8. The minimum Gasteiger partial charge on any atom is -0.464 e. The largest absolute Gasteiger partial charge is 0.464 e. The van der Waals surface area contributed by atoms with Crippen molar-refractivity contribution in [3.8, 4) is 0 Å². The lowest BCUT2D eigenvalue weighted by Crippen LogP contribution is -2.54. The van der Waals surface area contributed by atoms with E-state index in [0.29, 0.717) is 12.8 Å². The maximum absolute atomic E-state index is 12.8. The fourth-order valence-electron chi connectivity index (χ4n) is 3.82. The Labute approximate surface area is 153 Å². The van der Waals surface area contributed by atoms with Crippen molar-refractivity contribution >= 4 is 17.9 Å². The van der Waals surface area contributed by atoms with Crippen LogP contribution in [0.1, 0.15) is 44.6 Å². The zero-order valence-corrected chi connectivity index (χ0v) is 15.1. The average Bonchev–Trinajstić information content (AvgIpc) is 2.87. The van der Waals surface area contributed by atoms with E-state index in [1.807, 2.05) is 19.1 Å². The highest BCUT2D eigenvalue weighted by atomic mass is 16.5. The number of rotatable bonds is 6. The van der Waals surface area contributed by atoms with E-state index in [9.17, 15) is 14.4 Å². The highest BCUT2D eigenvalue weighted by molar-refractivity contribution is 6.08. The second kappa shape index (κ2) is 7.85. The SMILES string of the molecule is CC1CCCCC12NC(=O)N(CC(=O)OCCCc1cccnc1)C2=O. The van der Waals surface area contributed by atoms with Crippen LogP contribution in [0.25, 0.3) is 0 Å². The van der Waals surface area contributed by atoms with Crippen LogP contribution >= 0.6 is 0 Å². The lowest BCUT2D eigenvalue weighted by molar-refractivity contribution is -0.148. The van der Waals surface area contributed by atoms with Crippen LogP contribution in [-0.4, -0.2) is 46.5 Å². The van der Waals surface area contributed by atoms with Gasteiger partial charge in [0.05, 0.1) is 6.61 Å². The van der Waals surface area contributed by atoms with Gasteiger partial charge in [-0.05, 0) is 43.2 Å². The Morgan fingerprint density at radius 1 is 1.42 bits per heavy atom. The van der Waals surface area contributed by atoms with Crippen LogP contribution in [0, 0.1) is 5.92 Å². The lowest BCUT2D eigenvalue weighted by Gasteiger charge is -2.36. The smallest absolute Gasteiger partial charge is 0.326 e. The summed E-state index contributed by atoms with van der Waals surface area (Å²) in [5.41, 5.74) is 0.238. The van der Waals surface area contributed by atoms with Gasteiger partial charge >= 0.3 is 12.0 Å². The molecule has 26 heavy (non-hydrogen) atoms. The third-order valence-electron chi connectivity index (χ3n) is 5.38. The number of imide groups is 1. The summed E-state index contributed by atoms with van der Waals surface area (Å²) in [4.78, 5) is 42.1. The van der Waals surface area contributed by atoms with Crippen LogP contribution in [0.5, 0.6) is 0 Å². The standard InChI is InChI=1S/C19H25N3O4/c1-14-6-2-3-9-19(14)17(24)22(18(25)21-19)13-16(23)26-11-5-8-15-7-4-10-20-12-15/h4,7,10,12,14H,2-3,5-6,8-9,11,13H2,1H3,(H,21,25). The van der Waals surface area contributed by atoms with Gasteiger partial charge in [-0.15, -0.1) is 0 Å². The zero-order chi connectivity index (χ0) is 18.6. The Morgan fingerprint density at radius 3 is 3.00 bits per heavy atom. The number of aromatic nitrogens is 1. The molecule has 1 aliphatic heterocycles. The predicted molar refractivity (Wildman–Crippen MR) is 94.1 cm³/mol. The Kier molecular flexibility index (Phi) is 5.54. The van der Waals surface area contributed by atoms with Crippen LogP contribution in [0.2, 0.25) is 0 Å². The minimum absolute atomic E-state index is 0.0770. The lowest BCUT2D eigenvalue weighted by atomic mass is 9.73. The normalized spacial score (nSPS) is 25.4. The highest BCUT2D eigenvalue weighted by Crippen LogP contribution is 2.38. The van der Waals surface area contributed by atoms with Crippen molar-refractivity contribution in [3.63, 3.8) is 0 Å². The number of carbonyl (C=O) groups excluding carboxylic acids is 3. The number of pyridine rings is 1. The first-order chi connectivity index (χ1) is 12.5. The Hall–Kier alpha value is -2.44. The van der Waals surface area contributed by atoms with Gasteiger partial charge in [0.2, 0.25) is 0 Å². The first-order valence-corrected chi connectivity index (χ1v) is 9.21. The van der Waals surface area contributed by atoms with E-state index in [4.69, 9.17) is 4.74 Å². The molecule has 3 amide bonds. The Balaban J connectivity index is 1.48. The number of ether oxygens (including phenoxy) is 1. The van der Waals surface area contributed by atoms with E-state index >= 15 is 0 Å². The van der Waals surface area contributed by atoms with Crippen molar-refractivity contribution in [2.24, 2.45) is 5.92 Å². The first-order valence-electron chi connectivity index (χ1n) is 9.21. The van der Waals surface area contributed by atoms with Gasteiger partial charge in [-0.3, -0.25) is 19.5 Å². The van der Waals surface area contributed by atoms with Gasteiger partial charge in [-0.25, -0.2) is 4.79 Å². The molecule has 1 aromatic rings. The van der Waals surface area contributed by atoms with Crippen molar-refractivity contribution in [3.05, 3.63) is 30.1 Å². The summed E-state index contributed by atoms with van der Waals surface area (Å²) < 4.78 is 5.19. The van der Waals surface area contributed by atoms with Crippen LogP contribution in [0.3, 0.4) is 0 Å². The summed E-state index contributed by atoms with van der Waals surface area (Å²) in [6, 6.07) is 3.34. The van der Waals surface area contributed by atoms with Crippen molar-refractivity contribution in [1.82, 2.24) is 15.2 Å². The molecule has 140 valence electrons. The number of urea groups is 1. The van der Waals surface area contributed by atoms with Crippen LogP contribution in [0.15, 0.2) is 24.5 Å². The molecule has 2 heterocycles. The van der Waals surface area contributed by atoms with Gasteiger partial charge in [0.25, 0.3) is 5.91 Å². The molecule has 7 nitrogen and oxygen atoms in total. The summed E-state index contributed by atoms with van der Waals surface area (Å²) in [7, 11) is 0. The number of aryl methyl sites for hydroxylation is 1. The van der Waals surface area contributed by atoms with E-state index in [1.54, 1.807) is 12.4 Å². The molecule has 1 saturated heterocycles. The molecule has 7 heteroatoms. The number of nitrogens with zero attached hydrogens (tertiary/aromatic N) is 2. The molecule has 2 aliphatic rings. The fourth-order valence-corrected chi connectivity index (χ4v) is 3.82. The van der Waals surface area contributed by atoms with Crippen molar-refractivity contribution < 1.29 is 19.1 Å². The van der Waals surface area contributed by atoms with E-state index in [1.165, 1.54) is 0 Å². The second-order valence-electron chi connectivity index (χ2n) is 7.12. The maximum Gasteiger partial charge on any atom is 0.326 e. The summed E-state index contributed by atoms with van der Waals surface area (Å²) in [6.45, 7) is 1.91. The first kappa shape index (κ1) is 18.4. The second-order valence-corrected chi connectivity index (χ2v) is 7.12. The average molecular weight is 359 g/mol. The summed E-state index contributed by atoms with van der Waals surface area (Å²) in [5.74, 6) is -0.768. The van der Waals surface area contributed by atoms with Crippen molar-refractivity contribution in [1.29, 1.82) is 0 Å². The van der Waals surface area contributed by atoms with Gasteiger partial charge in [-0.1, -0.05) is 25.8 Å². The molecule has 0 aromatic carbocycles. The van der Waals surface area contributed by atoms with E-state index < -0.39 is 17.5 Å². The number of hydrogen-bond donors (Lipinski definition) is 1. The summed E-state index contributed by atoms with van der Waals surface area (Å²) >= 11 is 0. The van der Waals surface area contributed by atoms with Gasteiger partial charge in [0.15, 0.2) is 0 Å². The van der Waals surface area contributed by atoms with Crippen molar-refractivity contribution in [2.75, 3.05) is 13.2 Å². The summed E-state index contributed by atoms with van der Waals surface area (Å²) in [5, 5.41) is 2.84. The molecular formula is C19H25N3O4. The van der Waals surface area contributed by atoms with Gasteiger partial charge in [0, 0.05) is 12.4 Å². The molecule has 3 rings (SSSR count). The van der Waals surface area contributed by atoms with Crippen LogP contribution < -0.4 is 5.32 Å². The monoisotopic (exact) mass is 359 g/mol. The molecule has 0 bridgehead atoms. The topological polar surface area (TPSA) is 88.6 Å². The molecule has 1 aliphatic carbocycles. The minimum atomic E-state index is -0.837.